The number of methoxy groups -OCH3 is 1. The van der Waals surface area contributed by atoms with Gasteiger partial charge in [0.15, 0.2) is 0 Å². The molecule has 0 saturated heterocycles. The molecule has 0 aromatic heterocycles. The summed E-state index contributed by atoms with van der Waals surface area (Å²) in [7, 11) is -2.12. The number of rotatable bonds is 7. The van der Waals surface area contributed by atoms with Gasteiger partial charge in [-0.2, -0.15) is 0 Å². The monoisotopic (exact) mass is 410 g/mol. The quantitative estimate of drug-likeness (QED) is 0.759. The molecule has 1 atom stereocenters. The van der Waals surface area contributed by atoms with E-state index >= 15 is 0 Å². The third-order valence-corrected chi connectivity index (χ3v) is 5.47. The molecule has 0 unspecified atom stereocenters. The number of para-hydroxylation sites is 1. The second kappa shape index (κ2) is 8.63. The van der Waals surface area contributed by atoms with Crippen molar-refractivity contribution < 1.29 is 17.9 Å². The fraction of sp³-hybridized carbons (Fsp3) is 0.316. The zero-order chi connectivity index (χ0) is 20.2. The highest BCUT2D eigenvalue weighted by Crippen LogP contribution is 2.27. The average molecular weight is 411 g/mol. The van der Waals surface area contributed by atoms with Gasteiger partial charge in [0.25, 0.3) is 0 Å². The van der Waals surface area contributed by atoms with Gasteiger partial charge in [0.05, 0.1) is 25.1 Å². The van der Waals surface area contributed by atoms with E-state index < -0.39 is 15.9 Å². The number of nitrogens with one attached hydrogen (secondary N) is 1. The lowest BCUT2D eigenvalue weighted by molar-refractivity contribution is -0.120. The van der Waals surface area contributed by atoms with Crippen LogP contribution in [0.1, 0.15) is 24.1 Å². The third-order valence-electron chi connectivity index (χ3n) is 4.11. The second-order valence-corrected chi connectivity index (χ2v) is 8.57. The fourth-order valence-electron chi connectivity index (χ4n) is 2.75. The molecule has 0 fully saturated rings. The molecule has 0 aliphatic rings. The normalized spacial score (nSPS) is 12.3. The van der Waals surface area contributed by atoms with Gasteiger partial charge in [-0.25, -0.2) is 8.42 Å². The molecule has 0 saturated carbocycles. The Morgan fingerprint density at radius 3 is 2.56 bits per heavy atom. The summed E-state index contributed by atoms with van der Waals surface area (Å²) in [4.78, 5) is 12.6. The van der Waals surface area contributed by atoms with Crippen molar-refractivity contribution in [3.8, 4) is 5.75 Å². The van der Waals surface area contributed by atoms with Crippen molar-refractivity contribution in [3.05, 3.63) is 58.6 Å². The van der Waals surface area contributed by atoms with Gasteiger partial charge in [-0.15, -0.1) is 0 Å². The predicted molar refractivity (Wildman–Crippen MR) is 108 cm³/mol. The van der Waals surface area contributed by atoms with Crippen LogP contribution in [0.15, 0.2) is 42.5 Å². The van der Waals surface area contributed by atoms with Crippen LogP contribution in [0.4, 0.5) is 5.69 Å². The van der Waals surface area contributed by atoms with Crippen LogP contribution >= 0.6 is 11.6 Å². The minimum Gasteiger partial charge on any atom is -0.496 e. The molecule has 0 bridgehead atoms. The van der Waals surface area contributed by atoms with Crippen LogP contribution in [-0.2, 0) is 14.8 Å². The van der Waals surface area contributed by atoms with Gasteiger partial charge in [0, 0.05) is 10.6 Å². The Morgan fingerprint density at radius 2 is 1.93 bits per heavy atom. The number of anilines is 1. The molecule has 2 rings (SSSR count). The smallest absolute Gasteiger partial charge is 0.241 e. The molecule has 0 radical (unpaired) electrons. The molecule has 1 N–H and O–H groups in total. The number of halogens is 1. The first kappa shape index (κ1) is 21.1. The topological polar surface area (TPSA) is 75.7 Å². The van der Waals surface area contributed by atoms with Crippen LogP contribution in [0.2, 0.25) is 5.02 Å². The molecular formula is C19H23ClN2O4S. The van der Waals surface area contributed by atoms with Crippen LogP contribution in [0, 0.1) is 6.92 Å². The maximum Gasteiger partial charge on any atom is 0.241 e. The summed E-state index contributed by atoms with van der Waals surface area (Å²) in [5, 5.41) is 3.21. The summed E-state index contributed by atoms with van der Waals surface area (Å²) in [6, 6.07) is 11.9. The molecule has 27 heavy (non-hydrogen) atoms. The summed E-state index contributed by atoms with van der Waals surface area (Å²) >= 11 is 6.01. The number of amides is 1. The molecule has 0 aliphatic carbocycles. The Bertz CT molecular complexity index is 931. The maximum atomic E-state index is 12.6. The number of carbonyl (C=O) groups is 1. The van der Waals surface area contributed by atoms with Crippen LogP contribution in [0.3, 0.4) is 0 Å². The lowest BCUT2D eigenvalue weighted by atomic mass is 10.1. The van der Waals surface area contributed by atoms with Crippen LogP contribution in [0.25, 0.3) is 0 Å². The van der Waals surface area contributed by atoms with Gasteiger partial charge >= 0.3 is 0 Å². The maximum absolute atomic E-state index is 12.6. The molecule has 8 heteroatoms. The summed E-state index contributed by atoms with van der Waals surface area (Å²) in [6.45, 7) is 3.23. The van der Waals surface area contributed by atoms with Gasteiger partial charge in [0.2, 0.25) is 15.9 Å². The van der Waals surface area contributed by atoms with E-state index in [9.17, 15) is 13.2 Å². The number of nitrogens with zero attached hydrogens (tertiary/aromatic N) is 1. The van der Waals surface area contributed by atoms with E-state index in [0.717, 1.165) is 16.1 Å². The Kier molecular flexibility index (Phi) is 6.73. The van der Waals surface area contributed by atoms with Crippen molar-refractivity contribution in [2.45, 2.75) is 19.9 Å². The highest BCUT2D eigenvalue weighted by atomic mass is 35.5. The zero-order valence-corrected chi connectivity index (χ0v) is 17.3. The first-order valence-corrected chi connectivity index (χ1v) is 10.5. The Labute approximate surface area is 165 Å². The molecule has 2 aromatic rings. The van der Waals surface area contributed by atoms with Crippen LogP contribution in [0.5, 0.6) is 5.75 Å². The molecule has 6 nitrogen and oxygen atoms in total. The Morgan fingerprint density at radius 1 is 1.26 bits per heavy atom. The summed E-state index contributed by atoms with van der Waals surface area (Å²) in [5.74, 6) is 0.217. The van der Waals surface area contributed by atoms with E-state index in [1.807, 2.05) is 25.1 Å². The summed E-state index contributed by atoms with van der Waals surface area (Å²) in [6.07, 6.45) is 1.06. The number of sulfonamides is 1. The number of aryl methyl sites for hydroxylation is 1. The van der Waals surface area contributed by atoms with Crippen LogP contribution in [-0.4, -0.2) is 34.2 Å². The van der Waals surface area contributed by atoms with Crippen molar-refractivity contribution in [2.75, 3.05) is 24.2 Å². The predicted octanol–water partition coefficient (Wildman–Crippen LogP) is 3.30. The molecule has 0 aliphatic heterocycles. The van der Waals surface area contributed by atoms with Crippen LogP contribution < -0.4 is 14.4 Å². The van der Waals surface area contributed by atoms with Gasteiger partial charge in [-0.05, 0) is 37.6 Å². The minimum absolute atomic E-state index is 0.348. The molecular weight excluding hydrogens is 388 g/mol. The highest BCUT2D eigenvalue weighted by Gasteiger charge is 2.24. The van der Waals surface area contributed by atoms with Crippen molar-refractivity contribution >= 4 is 33.2 Å². The van der Waals surface area contributed by atoms with E-state index in [1.165, 1.54) is 6.07 Å². The zero-order valence-electron chi connectivity index (χ0n) is 15.7. The number of hydrogen-bond donors (Lipinski definition) is 1. The molecule has 0 heterocycles. The van der Waals surface area contributed by atoms with E-state index in [2.05, 4.69) is 5.32 Å². The molecule has 0 spiro atoms. The lowest BCUT2D eigenvalue weighted by Crippen LogP contribution is -2.41. The third kappa shape index (κ3) is 5.37. The first-order valence-electron chi connectivity index (χ1n) is 8.29. The fourth-order valence-corrected chi connectivity index (χ4v) is 3.82. The average Bonchev–Trinajstić information content (AvgIpc) is 2.61. The largest absolute Gasteiger partial charge is 0.496 e. The van der Waals surface area contributed by atoms with Gasteiger partial charge in [0.1, 0.15) is 12.3 Å². The number of benzene rings is 2. The van der Waals surface area contributed by atoms with Crippen molar-refractivity contribution in [3.63, 3.8) is 0 Å². The van der Waals surface area contributed by atoms with Gasteiger partial charge in [-0.1, -0.05) is 35.9 Å². The summed E-state index contributed by atoms with van der Waals surface area (Å²) < 4.78 is 30.9. The van der Waals surface area contributed by atoms with E-state index in [1.54, 1.807) is 32.2 Å². The first-order chi connectivity index (χ1) is 12.6. The van der Waals surface area contributed by atoms with Crippen molar-refractivity contribution in [1.29, 1.82) is 0 Å². The number of ether oxygens (including phenoxy) is 1. The Balaban J connectivity index is 2.23. The number of hydrogen-bond acceptors (Lipinski definition) is 4. The lowest BCUT2D eigenvalue weighted by Gasteiger charge is -2.25. The highest BCUT2D eigenvalue weighted by molar-refractivity contribution is 7.92. The molecule has 1 amide bonds. The molecule has 146 valence electrons. The standard InChI is InChI=1S/C19H23ClN2O4S/c1-13-9-10-15(20)11-17(13)22(27(4,24)25)12-19(23)21-14(2)16-7-5-6-8-18(16)26-3/h5-11,14H,12H2,1-4H3,(H,21,23)/t14-/m0/s1. The minimum atomic E-state index is -3.68. The van der Waals surface area contributed by atoms with E-state index in [-0.39, 0.29) is 12.6 Å². The van der Waals surface area contributed by atoms with E-state index in [4.69, 9.17) is 16.3 Å². The Hall–Kier alpha value is -2.25. The van der Waals surface area contributed by atoms with Crippen molar-refractivity contribution in [1.82, 2.24) is 5.32 Å². The number of carbonyl (C=O) groups excluding carboxylic acids is 1. The van der Waals surface area contributed by atoms with Gasteiger partial charge in [-0.3, -0.25) is 9.10 Å². The molecule has 2 aromatic carbocycles. The summed E-state index contributed by atoms with van der Waals surface area (Å²) in [5.41, 5.74) is 1.89. The SMILES string of the molecule is COc1ccccc1[C@H](C)NC(=O)CN(c1cc(Cl)ccc1C)S(C)(=O)=O. The van der Waals surface area contributed by atoms with Crippen molar-refractivity contribution in [2.24, 2.45) is 0 Å². The van der Waals surface area contributed by atoms with Gasteiger partial charge < -0.3 is 10.1 Å². The second-order valence-electron chi connectivity index (χ2n) is 6.23. The van der Waals surface area contributed by atoms with E-state index in [0.29, 0.717) is 22.0 Å².